The van der Waals surface area contributed by atoms with Gasteiger partial charge in [0.05, 0.1) is 24.7 Å². The molecule has 0 saturated heterocycles. The Bertz CT molecular complexity index is 453. The molecule has 0 radical (unpaired) electrons. The summed E-state index contributed by atoms with van der Waals surface area (Å²) in [5, 5.41) is 8.81. The van der Waals surface area contributed by atoms with Gasteiger partial charge in [-0.1, -0.05) is 12.1 Å². The highest BCUT2D eigenvalue weighted by Gasteiger charge is 2.10. The number of carbonyl (C=O) groups excluding carboxylic acids is 1. The first-order chi connectivity index (χ1) is 9.40. The molecule has 0 aliphatic rings. The Kier molecular flexibility index (Phi) is 6.18. The van der Waals surface area contributed by atoms with Gasteiger partial charge in [0.15, 0.2) is 0 Å². The van der Waals surface area contributed by atoms with Crippen molar-refractivity contribution in [2.24, 2.45) is 0 Å². The molecule has 0 spiro atoms. The highest BCUT2D eigenvalue weighted by Crippen LogP contribution is 2.08. The number of nitrogens with zero attached hydrogens (tertiary/aromatic N) is 1. The van der Waals surface area contributed by atoms with E-state index in [-0.39, 0.29) is 17.6 Å². The fourth-order valence-corrected chi connectivity index (χ4v) is 1.69. The normalized spacial score (nSPS) is 10.6. The average Bonchev–Trinajstić information content (AvgIpc) is 2.38. The molecule has 20 heavy (non-hydrogen) atoms. The highest BCUT2D eigenvalue weighted by atomic mass is 16.5. The Labute approximate surface area is 119 Å². The molecule has 1 N–H and O–H groups in total. The summed E-state index contributed by atoms with van der Waals surface area (Å²) in [4.78, 5) is 24.2. The van der Waals surface area contributed by atoms with Gasteiger partial charge in [-0.15, -0.1) is 0 Å². The van der Waals surface area contributed by atoms with E-state index in [4.69, 9.17) is 9.84 Å². The van der Waals surface area contributed by atoms with Crippen LogP contribution in [0.4, 0.5) is 0 Å². The largest absolute Gasteiger partial charge is 0.478 e. The molecule has 1 aromatic rings. The molecule has 0 heterocycles. The number of carboxylic acid groups (broad SMARTS) is 1. The van der Waals surface area contributed by atoms with E-state index in [0.29, 0.717) is 19.6 Å². The Morgan fingerprint density at radius 2 is 1.85 bits per heavy atom. The van der Waals surface area contributed by atoms with Gasteiger partial charge in [0.25, 0.3) is 0 Å². The zero-order chi connectivity index (χ0) is 15.1. The van der Waals surface area contributed by atoms with Crippen molar-refractivity contribution in [2.75, 3.05) is 13.7 Å². The third-order valence-electron chi connectivity index (χ3n) is 2.81. The standard InChI is InChI=1S/C15H21NO4/c1-11(2)20-9-8-14(17)16(3)10-12-4-6-13(7-5-12)15(18)19/h4-7,11H,8-10H2,1-3H3,(H,18,19). The van der Waals surface area contributed by atoms with Crippen molar-refractivity contribution in [3.8, 4) is 0 Å². The van der Waals surface area contributed by atoms with E-state index >= 15 is 0 Å². The molecular formula is C15H21NO4. The lowest BCUT2D eigenvalue weighted by Crippen LogP contribution is -2.27. The van der Waals surface area contributed by atoms with E-state index in [0.717, 1.165) is 5.56 Å². The van der Waals surface area contributed by atoms with Gasteiger partial charge >= 0.3 is 5.97 Å². The fourth-order valence-electron chi connectivity index (χ4n) is 1.69. The zero-order valence-corrected chi connectivity index (χ0v) is 12.1. The number of carbonyl (C=O) groups is 2. The van der Waals surface area contributed by atoms with Crippen LogP contribution < -0.4 is 0 Å². The summed E-state index contributed by atoms with van der Waals surface area (Å²) >= 11 is 0. The maximum atomic E-state index is 11.9. The molecule has 0 aromatic heterocycles. The van der Waals surface area contributed by atoms with Crippen LogP contribution in [0.5, 0.6) is 0 Å². The summed E-state index contributed by atoms with van der Waals surface area (Å²) in [6.45, 7) is 4.73. The summed E-state index contributed by atoms with van der Waals surface area (Å²) in [5.41, 5.74) is 1.14. The lowest BCUT2D eigenvalue weighted by atomic mass is 10.1. The van der Waals surface area contributed by atoms with Gasteiger partial charge in [0.2, 0.25) is 5.91 Å². The van der Waals surface area contributed by atoms with Crippen LogP contribution in [0.1, 0.15) is 36.2 Å². The molecule has 0 aliphatic heterocycles. The zero-order valence-electron chi connectivity index (χ0n) is 12.1. The Morgan fingerprint density at radius 1 is 1.25 bits per heavy atom. The van der Waals surface area contributed by atoms with Crippen LogP contribution in [0.25, 0.3) is 0 Å². The van der Waals surface area contributed by atoms with Gasteiger partial charge in [-0.05, 0) is 31.5 Å². The summed E-state index contributed by atoms with van der Waals surface area (Å²) in [5.74, 6) is -0.945. The van der Waals surface area contributed by atoms with E-state index in [1.807, 2.05) is 13.8 Å². The van der Waals surface area contributed by atoms with E-state index in [1.165, 1.54) is 12.1 Å². The molecule has 0 fully saturated rings. The van der Waals surface area contributed by atoms with E-state index in [1.54, 1.807) is 24.1 Å². The maximum absolute atomic E-state index is 11.9. The lowest BCUT2D eigenvalue weighted by molar-refractivity contribution is -0.131. The topological polar surface area (TPSA) is 66.8 Å². The number of benzene rings is 1. The monoisotopic (exact) mass is 279 g/mol. The van der Waals surface area contributed by atoms with Crippen molar-refractivity contribution in [3.05, 3.63) is 35.4 Å². The minimum Gasteiger partial charge on any atom is -0.478 e. The molecule has 0 atom stereocenters. The SMILES string of the molecule is CC(C)OCCC(=O)N(C)Cc1ccc(C(=O)O)cc1. The Hall–Kier alpha value is -1.88. The van der Waals surface area contributed by atoms with Crippen molar-refractivity contribution in [3.63, 3.8) is 0 Å². The van der Waals surface area contributed by atoms with Crippen LogP contribution in [0.2, 0.25) is 0 Å². The van der Waals surface area contributed by atoms with E-state index in [9.17, 15) is 9.59 Å². The molecule has 1 rings (SSSR count). The molecule has 0 unspecified atom stereocenters. The van der Waals surface area contributed by atoms with Crippen molar-refractivity contribution in [1.82, 2.24) is 4.90 Å². The number of aromatic carboxylic acids is 1. The third kappa shape index (κ3) is 5.40. The van der Waals surface area contributed by atoms with Gasteiger partial charge in [-0.3, -0.25) is 4.79 Å². The number of carboxylic acids is 1. The Morgan fingerprint density at radius 3 is 2.35 bits per heavy atom. The molecule has 1 amide bonds. The first-order valence-electron chi connectivity index (χ1n) is 6.58. The maximum Gasteiger partial charge on any atom is 0.335 e. The molecule has 0 bridgehead atoms. The van der Waals surface area contributed by atoms with Gasteiger partial charge in [0, 0.05) is 13.6 Å². The molecule has 5 heteroatoms. The molecule has 110 valence electrons. The van der Waals surface area contributed by atoms with Gasteiger partial charge in [-0.2, -0.15) is 0 Å². The molecular weight excluding hydrogens is 258 g/mol. The molecule has 5 nitrogen and oxygen atoms in total. The minimum atomic E-state index is -0.952. The summed E-state index contributed by atoms with van der Waals surface area (Å²) in [7, 11) is 1.73. The number of ether oxygens (including phenoxy) is 1. The van der Waals surface area contributed by atoms with Crippen molar-refractivity contribution < 1.29 is 19.4 Å². The second-order valence-electron chi connectivity index (χ2n) is 4.92. The predicted molar refractivity (Wildman–Crippen MR) is 75.6 cm³/mol. The quantitative estimate of drug-likeness (QED) is 0.830. The van der Waals surface area contributed by atoms with Crippen LogP contribution in [0.3, 0.4) is 0 Å². The smallest absolute Gasteiger partial charge is 0.335 e. The summed E-state index contributed by atoms with van der Waals surface area (Å²) < 4.78 is 5.34. The van der Waals surface area contributed by atoms with Crippen molar-refractivity contribution in [1.29, 1.82) is 0 Å². The number of hydrogen-bond acceptors (Lipinski definition) is 3. The van der Waals surface area contributed by atoms with Gasteiger partial charge in [-0.25, -0.2) is 4.79 Å². The van der Waals surface area contributed by atoms with Crippen molar-refractivity contribution >= 4 is 11.9 Å². The lowest BCUT2D eigenvalue weighted by Gasteiger charge is -2.18. The van der Waals surface area contributed by atoms with Crippen molar-refractivity contribution in [2.45, 2.75) is 32.9 Å². The average molecular weight is 279 g/mol. The van der Waals surface area contributed by atoms with Crippen LogP contribution in [0, 0.1) is 0 Å². The predicted octanol–water partition coefficient (Wildman–Crippen LogP) is 2.16. The highest BCUT2D eigenvalue weighted by molar-refractivity contribution is 5.87. The summed E-state index contributed by atoms with van der Waals surface area (Å²) in [6, 6.07) is 6.52. The van der Waals surface area contributed by atoms with Crippen LogP contribution in [-0.4, -0.2) is 41.6 Å². The van der Waals surface area contributed by atoms with Gasteiger partial charge in [0.1, 0.15) is 0 Å². The minimum absolute atomic E-state index is 0.00737. The first kappa shape index (κ1) is 16.2. The van der Waals surface area contributed by atoms with E-state index < -0.39 is 5.97 Å². The number of hydrogen-bond donors (Lipinski definition) is 1. The molecule has 0 aliphatic carbocycles. The number of rotatable bonds is 7. The van der Waals surface area contributed by atoms with Crippen LogP contribution in [-0.2, 0) is 16.1 Å². The van der Waals surface area contributed by atoms with Gasteiger partial charge < -0.3 is 14.7 Å². The second-order valence-corrected chi connectivity index (χ2v) is 4.92. The summed E-state index contributed by atoms with van der Waals surface area (Å²) in [6.07, 6.45) is 0.471. The third-order valence-corrected chi connectivity index (χ3v) is 2.81. The first-order valence-corrected chi connectivity index (χ1v) is 6.58. The molecule has 0 saturated carbocycles. The molecule has 1 aromatic carbocycles. The number of amides is 1. The second kappa shape index (κ2) is 7.65. The fraction of sp³-hybridized carbons (Fsp3) is 0.467. The van der Waals surface area contributed by atoms with Crippen LogP contribution in [0.15, 0.2) is 24.3 Å². The van der Waals surface area contributed by atoms with Crippen LogP contribution >= 0.6 is 0 Å². The van der Waals surface area contributed by atoms with E-state index in [2.05, 4.69) is 0 Å². The Balaban J connectivity index is 2.46.